The molecule has 3 rings (SSSR count). The third-order valence-corrected chi connectivity index (χ3v) is 7.15. The maximum absolute atomic E-state index is 12.9. The van der Waals surface area contributed by atoms with E-state index in [4.69, 9.17) is 32.7 Å². The van der Waals surface area contributed by atoms with Crippen molar-refractivity contribution in [2.45, 2.75) is 24.8 Å². The Morgan fingerprint density at radius 3 is 2.34 bits per heavy atom. The van der Waals surface area contributed by atoms with Gasteiger partial charge >= 0.3 is 5.97 Å². The van der Waals surface area contributed by atoms with E-state index in [1.165, 1.54) is 47.6 Å². The van der Waals surface area contributed by atoms with Gasteiger partial charge in [0.15, 0.2) is 6.10 Å². The normalized spacial score (nSPS) is 15.8. The first-order chi connectivity index (χ1) is 15.1. The van der Waals surface area contributed by atoms with E-state index in [0.29, 0.717) is 34.5 Å². The molecule has 0 aromatic heterocycles. The highest BCUT2D eigenvalue weighted by Crippen LogP contribution is 2.24. The summed E-state index contributed by atoms with van der Waals surface area (Å²) in [5.74, 6) is -1.40. The molecule has 2 aromatic carbocycles. The number of benzene rings is 2. The average Bonchev–Trinajstić information content (AvgIpc) is 2.73. The number of morpholine rings is 1. The Hall–Kier alpha value is -2.17. The minimum Gasteiger partial charge on any atom is -0.449 e. The number of aryl methyl sites for hydroxylation is 1. The highest BCUT2D eigenvalue weighted by molar-refractivity contribution is 7.89. The molecule has 8 nitrogen and oxygen atoms in total. The zero-order valence-corrected chi connectivity index (χ0v) is 19.8. The molecule has 1 atom stereocenters. The van der Waals surface area contributed by atoms with Crippen LogP contribution in [0.3, 0.4) is 0 Å². The van der Waals surface area contributed by atoms with E-state index >= 15 is 0 Å². The fraction of sp³-hybridized carbons (Fsp3) is 0.333. The highest BCUT2D eigenvalue weighted by atomic mass is 35.5. The zero-order valence-electron chi connectivity index (χ0n) is 17.4. The van der Waals surface area contributed by atoms with Crippen molar-refractivity contribution < 1.29 is 27.5 Å². The third kappa shape index (κ3) is 5.79. The lowest BCUT2D eigenvalue weighted by atomic mass is 10.1. The molecule has 2 aromatic rings. The summed E-state index contributed by atoms with van der Waals surface area (Å²) in [5.41, 5.74) is 0.931. The number of nitrogens with one attached hydrogen (secondary N) is 1. The zero-order chi connectivity index (χ0) is 23.5. The molecule has 1 aliphatic heterocycles. The fourth-order valence-corrected chi connectivity index (χ4v) is 5.03. The molecule has 1 aliphatic rings. The summed E-state index contributed by atoms with van der Waals surface area (Å²) >= 11 is 11.8. The number of amides is 1. The lowest BCUT2D eigenvalue weighted by Gasteiger charge is -2.26. The summed E-state index contributed by atoms with van der Waals surface area (Å²) in [6.07, 6.45) is -1.15. The minimum atomic E-state index is -3.79. The van der Waals surface area contributed by atoms with Crippen molar-refractivity contribution in [1.82, 2.24) is 4.31 Å². The molecule has 172 valence electrons. The van der Waals surface area contributed by atoms with E-state index in [0.717, 1.165) is 0 Å². The van der Waals surface area contributed by atoms with Crippen molar-refractivity contribution in [3.8, 4) is 0 Å². The van der Waals surface area contributed by atoms with Crippen molar-refractivity contribution >= 4 is 50.8 Å². The van der Waals surface area contributed by atoms with Gasteiger partial charge in [-0.1, -0.05) is 29.3 Å². The number of carbonyl (C=O) groups excluding carboxylic acids is 2. The second-order valence-electron chi connectivity index (χ2n) is 7.19. The van der Waals surface area contributed by atoms with Crippen LogP contribution in [-0.2, 0) is 24.3 Å². The molecule has 1 fully saturated rings. The third-order valence-electron chi connectivity index (χ3n) is 4.82. The van der Waals surface area contributed by atoms with Gasteiger partial charge in [0.25, 0.3) is 5.91 Å². The predicted octanol–water partition coefficient (Wildman–Crippen LogP) is 3.51. The van der Waals surface area contributed by atoms with Gasteiger partial charge in [-0.2, -0.15) is 4.31 Å². The van der Waals surface area contributed by atoms with Crippen molar-refractivity contribution in [2.75, 3.05) is 31.6 Å². The van der Waals surface area contributed by atoms with Crippen LogP contribution in [0.25, 0.3) is 0 Å². The van der Waals surface area contributed by atoms with E-state index in [-0.39, 0.29) is 23.5 Å². The summed E-state index contributed by atoms with van der Waals surface area (Å²) in [6, 6.07) is 8.76. The first kappa shape index (κ1) is 24.5. The molecule has 11 heteroatoms. The van der Waals surface area contributed by atoms with Crippen LogP contribution in [-0.4, -0.2) is 57.0 Å². The van der Waals surface area contributed by atoms with Gasteiger partial charge in [-0.15, -0.1) is 0 Å². The summed E-state index contributed by atoms with van der Waals surface area (Å²) < 4.78 is 37.6. The molecule has 0 radical (unpaired) electrons. The number of sulfonamides is 1. The monoisotopic (exact) mass is 500 g/mol. The molecule has 1 saturated heterocycles. The van der Waals surface area contributed by atoms with Gasteiger partial charge in [0.1, 0.15) is 0 Å². The maximum atomic E-state index is 12.9. The van der Waals surface area contributed by atoms with Gasteiger partial charge in [-0.25, -0.2) is 13.2 Å². The Kier molecular flexibility index (Phi) is 7.79. The van der Waals surface area contributed by atoms with Crippen LogP contribution in [0.2, 0.25) is 10.0 Å². The minimum absolute atomic E-state index is 0.0253. The Bertz CT molecular complexity index is 1110. The van der Waals surface area contributed by atoms with Gasteiger partial charge in [0.2, 0.25) is 10.0 Å². The summed E-state index contributed by atoms with van der Waals surface area (Å²) in [6.45, 7) is 4.15. The van der Waals surface area contributed by atoms with Gasteiger partial charge in [0, 0.05) is 28.8 Å². The van der Waals surface area contributed by atoms with Crippen LogP contribution < -0.4 is 5.32 Å². The average molecular weight is 501 g/mol. The van der Waals surface area contributed by atoms with Crippen molar-refractivity contribution in [1.29, 1.82) is 0 Å². The van der Waals surface area contributed by atoms with Crippen LogP contribution in [0.1, 0.15) is 22.8 Å². The molecule has 32 heavy (non-hydrogen) atoms. The van der Waals surface area contributed by atoms with E-state index in [2.05, 4.69) is 5.32 Å². The molecule has 1 N–H and O–H groups in total. The lowest BCUT2D eigenvalue weighted by molar-refractivity contribution is -0.123. The van der Waals surface area contributed by atoms with Gasteiger partial charge in [-0.3, -0.25) is 4.79 Å². The number of anilines is 1. The lowest BCUT2D eigenvalue weighted by Crippen LogP contribution is -2.40. The molecule has 0 unspecified atom stereocenters. The van der Waals surface area contributed by atoms with Gasteiger partial charge in [-0.05, 0) is 49.7 Å². The molecular formula is C21H22Cl2N2O6S. The number of halogens is 2. The molecule has 0 saturated carbocycles. The topological polar surface area (TPSA) is 102 Å². The predicted molar refractivity (Wildman–Crippen MR) is 121 cm³/mol. The SMILES string of the molecule is Cc1ccc(S(=O)(=O)N2CCOCC2)cc1C(=O)O[C@@H](C)C(=O)Nc1cc(Cl)cc(Cl)c1. The van der Waals surface area contributed by atoms with Crippen LogP contribution in [0.15, 0.2) is 41.3 Å². The molecule has 1 amide bonds. The number of hydrogen-bond acceptors (Lipinski definition) is 6. The summed E-state index contributed by atoms with van der Waals surface area (Å²) in [5, 5.41) is 3.25. The van der Waals surface area contributed by atoms with E-state index in [1.807, 2.05) is 0 Å². The fourth-order valence-electron chi connectivity index (χ4n) is 3.06. The Balaban J connectivity index is 1.74. The maximum Gasteiger partial charge on any atom is 0.339 e. The summed E-state index contributed by atoms with van der Waals surface area (Å²) in [7, 11) is -3.79. The Labute approximate surface area is 196 Å². The molecular weight excluding hydrogens is 479 g/mol. The van der Waals surface area contributed by atoms with Crippen molar-refractivity contribution in [3.05, 3.63) is 57.6 Å². The number of ether oxygens (including phenoxy) is 2. The number of nitrogens with zero attached hydrogens (tertiary/aromatic N) is 1. The first-order valence-electron chi connectivity index (χ1n) is 9.74. The number of esters is 1. The van der Waals surface area contributed by atoms with E-state index in [9.17, 15) is 18.0 Å². The van der Waals surface area contributed by atoms with Crippen LogP contribution in [0, 0.1) is 6.92 Å². The van der Waals surface area contributed by atoms with Crippen molar-refractivity contribution in [3.63, 3.8) is 0 Å². The molecule has 1 heterocycles. The molecule has 0 bridgehead atoms. The summed E-state index contributed by atoms with van der Waals surface area (Å²) in [4.78, 5) is 25.1. The van der Waals surface area contributed by atoms with Crippen LogP contribution >= 0.6 is 23.2 Å². The molecule has 0 aliphatic carbocycles. The number of carbonyl (C=O) groups is 2. The van der Waals surface area contributed by atoms with Crippen LogP contribution in [0.4, 0.5) is 5.69 Å². The van der Waals surface area contributed by atoms with Gasteiger partial charge < -0.3 is 14.8 Å². The van der Waals surface area contributed by atoms with E-state index in [1.54, 1.807) is 6.92 Å². The largest absolute Gasteiger partial charge is 0.449 e. The second-order valence-corrected chi connectivity index (χ2v) is 10.00. The first-order valence-corrected chi connectivity index (χ1v) is 11.9. The highest BCUT2D eigenvalue weighted by Gasteiger charge is 2.28. The second kappa shape index (κ2) is 10.2. The number of hydrogen-bond donors (Lipinski definition) is 1. The Morgan fingerprint density at radius 2 is 1.72 bits per heavy atom. The standard InChI is InChI=1S/C21H22Cl2N2O6S/c1-13-3-4-18(32(28,29)25-5-7-30-8-6-25)12-19(13)21(27)31-14(2)20(26)24-17-10-15(22)9-16(23)11-17/h3-4,9-12,14H,5-8H2,1-2H3,(H,24,26)/t14-/m0/s1. The Morgan fingerprint density at radius 1 is 1.09 bits per heavy atom. The van der Waals surface area contributed by atoms with Gasteiger partial charge in [0.05, 0.1) is 23.7 Å². The van der Waals surface area contributed by atoms with Crippen LogP contribution in [0.5, 0.6) is 0 Å². The van der Waals surface area contributed by atoms with Crippen molar-refractivity contribution in [2.24, 2.45) is 0 Å². The number of rotatable bonds is 6. The smallest absolute Gasteiger partial charge is 0.339 e. The molecule has 0 spiro atoms. The van der Waals surface area contributed by atoms with E-state index < -0.39 is 28.0 Å². The quantitative estimate of drug-likeness (QED) is 0.608.